The summed E-state index contributed by atoms with van der Waals surface area (Å²) in [5.74, 6) is 0. The molecular weight excluding hydrogens is 681 g/mol. The minimum absolute atomic E-state index is 0.931. The number of hydrogen-bond donors (Lipinski definition) is 0. The highest BCUT2D eigenvalue weighted by molar-refractivity contribution is 6.21. The first-order valence-corrected chi connectivity index (χ1v) is 19.0. The van der Waals surface area contributed by atoms with Gasteiger partial charge >= 0.3 is 0 Å². The Kier molecular flexibility index (Phi) is 7.46. The van der Waals surface area contributed by atoms with Crippen molar-refractivity contribution >= 4 is 32.8 Å². The molecule has 0 bridgehead atoms. The summed E-state index contributed by atoms with van der Waals surface area (Å²) >= 11 is 0. The van der Waals surface area contributed by atoms with Crippen LogP contribution in [0.2, 0.25) is 0 Å². The maximum atomic E-state index is 5.12. The molecule has 0 amide bonds. The Hall–Kier alpha value is -7.56. The number of hydrogen-bond acceptors (Lipinski definition) is 2. The van der Waals surface area contributed by atoms with E-state index in [0.29, 0.717) is 0 Å². The minimum Gasteiger partial charge on any atom is -0.299 e. The van der Waals surface area contributed by atoms with Crippen molar-refractivity contribution < 1.29 is 0 Å². The first-order valence-electron chi connectivity index (χ1n) is 19.0. The van der Waals surface area contributed by atoms with Crippen LogP contribution in [-0.4, -0.2) is 18.8 Å². The van der Waals surface area contributed by atoms with E-state index in [1.54, 1.807) is 0 Å². The molecule has 0 fully saturated rings. The number of fused-ring (bicyclic) bond motifs is 4. The Morgan fingerprint density at radius 2 is 0.589 bits per heavy atom. The standard InChI is InChI=1S/C52H34N4/c1-3-15-39(16-4-1)51-49(53-45-23-11-13-33-55(45)51)37-29-25-35(26-30-37)47-41-19-7-9-21-43(41)48(44-22-10-8-20-42(44)47)36-27-31-38(32-28-36)50-52(40-17-5-2-6-18-40)56-34-14-12-24-46(56)54-50/h1-34H. The monoisotopic (exact) mass is 714 g/mol. The lowest BCUT2D eigenvalue weighted by Crippen LogP contribution is -1.92. The first kappa shape index (κ1) is 31.9. The summed E-state index contributed by atoms with van der Waals surface area (Å²) in [4.78, 5) is 10.2. The topological polar surface area (TPSA) is 34.6 Å². The number of rotatable bonds is 6. The minimum atomic E-state index is 0.931. The number of aromatic nitrogens is 4. The van der Waals surface area contributed by atoms with Gasteiger partial charge in [0.05, 0.1) is 22.8 Å². The molecule has 0 aliphatic heterocycles. The van der Waals surface area contributed by atoms with Gasteiger partial charge in [0.1, 0.15) is 11.3 Å². The molecular formula is C52H34N4. The molecule has 7 aromatic carbocycles. The van der Waals surface area contributed by atoms with Crippen molar-refractivity contribution in [3.8, 4) is 67.3 Å². The normalized spacial score (nSPS) is 11.6. The molecule has 4 nitrogen and oxygen atoms in total. The summed E-state index contributed by atoms with van der Waals surface area (Å²) in [5.41, 5.74) is 15.3. The van der Waals surface area contributed by atoms with E-state index in [1.165, 1.54) is 43.8 Å². The molecule has 0 radical (unpaired) electrons. The first-order chi connectivity index (χ1) is 27.8. The summed E-state index contributed by atoms with van der Waals surface area (Å²) in [6.45, 7) is 0. The quantitative estimate of drug-likeness (QED) is 0.161. The van der Waals surface area contributed by atoms with E-state index in [-0.39, 0.29) is 0 Å². The van der Waals surface area contributed by atoms with Gasteiger partial charge in [0, 0.05) is 34.6 Å². The molecule has 0 atom stereocenters. The van der Waals surface area contributed by atoms with Crippen LogP contribution >= 0.6 is 0 Å². The van der Waals surface area contributed by atoms with Crippen LogP contribution in [0.15, 0.2) is 207 Å². The summed E-state index contributed by atoms with van der Waals surface area (Å²) in [6.07, 6.45) is 4.19. The highest BCUT2D eigenvalue weighted by Crippen LogP contribution is 2.45. The number of benzene rings is 7. The summed E-state index contributed by atoms with van der Waals surface area (Å²) in [6, 6.07) is 69.0. The lowest BCUT2D eigenvalue weighted by molar-refractivity contribution is 1.19. The fourth-order valence-electron chi connectivity index (χ4n) is 8.48. The molecule has 262 valence electrons. The van der Waals surface area contributed by atoms with Gasteiger partial charge in [-0.25, -0.2) is 9.97 Å². The van der Waals surface area contributed by atoms with Crippen LogP contribution in [0.4, 0.5) is 0 Å². The van der Waals surface area contributed by atoms with Gasteiger partial charge in [-0.2, -0.15) is 0 Å². The van der Waals surface area contributed by atoms with E-state index in [0.717, 1.165) is 56.3 Å². The predicted octanol–water partition coefficient (Wildman–Crippen LogP) is 13.3. The second kappa shape index (κ2) is 13.1. The van der Waals surface area contributed by atoms with Gasteiger partial charge < -0.3 is 0 Å². The number of pyridine rings is 2. The fraction of sp³-hybridized carbons (Fsp3) is 0. The molecule has 0 unspecified atom stereocenters. The molecule has 0 saturated heterocycles. The van der Waals surface area contributed by atoms with E-state index in [1.807, 2.05) is 12.1 Å². The van der Waals surface area contributed by atoms with Crippen molar-refractivity contribution in [2.75, 3.05) is 0 Å². The molecule has 0 saturated carbocycles. The SMILES string of the molecule is c1ccc(-c2c(-c3ccc(-c4c5ccccc5c(-c5ccc(-c6nc7ccccn7c6-c6ccccc6)cc5)c5ccccc45)cc3)nc3ccccn23)cc1. The van der Waals surface area contributed by atoms with Crippen LogP contribution in [0.25, 0.3) is 100 Å². The maximum absolute atomic E-state index is 5.12. The van der Waals surface area contributed by atoms with Gasteiger partial charge in [0.25, 0.3) is 0 Å². The van der Waals surface area contributed by atoms with Crippen molar-refractivity contribution in [1.29, 1.82) is 0 Å². The molecule has 0 spiro atoms. The van der Waals surface area contributed by atoms with Gasteiger partial charge in [-0.15, -0.1) is 0 Å². The Bertz CT molecular complexity index is 2940. The number of nitrogens with zero attached hydrogens (tertiary/aromatic N) is 4. The van der Waals surface area contributed by atoms with Crippen LogP contribution in [-0.2, 0) is 0 Å². The Morgan fingerprint density at radius 1 is 0.268 bits per heavy atom. The molecule has 4 aromatic heterocycles. The van der Waals surface area contributed by atoms with Gasteiger partial charge in [0.15, 0.2) is 0 Å². The molecule has 11 rings (SSSR count). The zero-order valence-corrected chi connectivity index (χ0v) is 30.4. The second-order valence-electron chi connectivity index (χ2n) is 14.2. The molecule has 4 heterocycles. The third-order valence-corrected chi connectivity index (χ3v) is 11.0. The second-order valence-corrected chi connectivity index (χ2v) is 14.2. The zero-order valence-electron chi connectivity index (χ0n) is 30.4. The highest BCUT2D eigenvalue weighted by Gasteiger charge is 2.20. The maximum Gasteiger partial charge on any atom is 0.137 e. The van der Waals surface area contributed by atoms with E-state index in [9.17, 15) is 0 Å². The smallest absolute Gasteiger partial charge is 0.137 e. The van der Waals surface area contributed by atoms with Gasteiger partial charge in [-0.05, 0) is 68.1 Å². The van der Waals surface area contributed by atoms with Crippen LogP contribution in [0.3, 0.4) is 0 Å². The molecule has 11 aromatic rings. The molecule has 0 aliphatic carbocycles. The predicted molar refractivity (Wildman–Crippen MR) is 232 cm³/mol. The summed E-state index contributed by atoms with van der Waals surface area (Å²) in [7, 11) is 0. The molecule has 56 heavy (non-hydrogen) atoms. The third-order valence-electron chi connectivity index (χ3n) is 11.0. The van der Waals surface area contributed by atoms with E-state index in [2.05, 4.69) is 203 Å². The zero-order chi connectivity index (χ0) is 37.0. The summed E-state index contributed by atoms with van der Waals surface area (Å²) in [5, 5.41) is 4.90. The molecule has 0 aliphatic rings. The van der Waals surface area contributed by atoms with Crippen LogP contribution in [0.1, 0.15) is 0 Å². The summed E-state index contributed by atoms with van der Waals surface area (Å²) < 4.78 is 4.37. The van der Waals surface area contributed by atoms with Crippen molar-refractivity contribution in [2.24, 2.45) is 0 Å². The van der Waals surface area contributed by atoms with Crippen LogP contribution < -0.4 is 0 Å². The lowest BCUT2D eigenvalue weighted by Gasteiger charge is -2.18. The van der Waals surface area contributed by atoms with Crippen LogP contribution in [0, 0.1) is 0 Å². The van der Waals surface area contributed by atoms with E-state index >= 15 is 0 Å². The highest BCUT2D eigenvalue weighted by atomic mass is 15.0. The van der Waals surface area contributed by atoms with Gasteiger partial charge in [0.2, 0.25) is 0 Å². The Morgan fingerprint density at radius 3 is 0.964 bits per heavy atom. The Labute approximate surface area is 324 Å². The largest absolute Gasteiger partial charge is 0.299 e. The average molecular weight is 715 g/mol. The van der Waals surface area contributed by atoms with Crippen molar-refractivity contribution in [1.82, 2.24) is 18.8 Å². The fourth-order valence-corrected chi connectivity index (χ4v) is 8.48. The third kappa shape index (κ3) is 5.15. The Balaban J connectivity index is 1.04. The molecule has 4 heteroatoms. The van der Waals surface area contributed by atoms with Crippen molar-refractivity contribution in [3.63, 3.8) is 0 Å². The number of imidazole rings is 2. The van der Waals surface area contributed by atoms with Crippen molar-refractivity contribution in [2.45, 2.75) is 0 Å². The average Bonchev–Trinajstić information content (AvgIpc) is 3.86. The van der Waals surface area contributed by atoms with Gasteiger partial charge in [-0.1, -0.05) is 170 Å². The molecule has 0 N–H and O–H groups in total. The van der Waals surface area contributed by atoms with Crippen LogP contribution in [0.5, 0.6) is 0 Å². The lowest BCUT2D eigenvalue weighted by atomic mass is 9.85. The van der Waals surface area contributed by atoms with Gasteiger partial charge in [-0.3, -0.25) is 8.80 Å². The van der Waals surface area contributed by atoms with Crippen molar-refractivity contribution in [3.05, 3.63) is 207 Å². The van der Waals surface area contributed by atoms with E-state index < -0.39 is 0 Å². The van der Waals surface area contributed by atoms with E-state index in [4.69, 9.17) is 9.97 Å².